The van der Waals surface area contributed by atoms with Crippen molar-refractivity contribution in [2.75, 3.05) is 27.4 Å². The number of ether oxygens (including phenoxy) is 2. The summed E-state index contributed by atoms with van der Waals surface area (Å²) in [6.07, 6.45) is 1.70. The van der Waals surface area contributed by atoms with Crippen LogP contribution in [0.3, 0.4) is 0 Å². The lowest BCUT2D eigenvalue weighted by molar-refractivity contribution is 0.260. The van der Waals surface area contributed by atoms with Crippen LogP contribution in [0.4, 0.5) is 0 Å². The van der Waals surface area contributed by atoms with Gasteiger partial charge in [0.05, 0.1) is 20.8 Å². The number of aryl methyl sites for hydroxylation is 1. The van der Waals surface area contributed by atoms with Crippen LogP contribution in [-0.4, -0.2) is 47.9 Å². The largest absolute Gasteiger partial charge is 0.504 e. The van der Waals surface area contributed by atoms with Crippen molar-refractivity contribution in [3.05, 3.63) is 47.0 Å². The number of aromatic hydroxyl groups is 2. The van der Waals surface area contributed by atoms with E-state index in [-0.39, 0.29) is 30.6 Å². The van der Waals surface area contributed by atoms with Gasteiger partial charge in [0.2, 0.25) is 0 Å². The summed E-state index contributed by atoms with van der Waals surface area (Å²) >= 11 is 0. The fraction of sp³-hybridized carbons (Fsp3) is 0.400. The highest BCUT2D eigenvalue weighted by Gasteiger charge is 2.20. The molecule has 0 bridgehead atoms. The van der Waals surface area contributed by atoms with Gasteiger partial charge < -0.3 is 29.9 Å². The Balaban J connectivity index is 2.36. The molecule has 6 nitrogen and oxygen atoms in total. The molecule has 0 fully saturated rings. The average Bonchev–Trinajstić information content (AvgIpc) is 2.66. The van der Waals surface area contributed by atoms with Gasteiger partial charge in [-0.15, -0.1) is 0 Å². The van der Waals surface area contributed by atoms with Gasteiger partial charge in [0.25, 0.3) is 0 Å². The fourth-order valence-electron chi connectivity index (χ4n) is 2.99. The normalized spacial score (nSPS) is 12.0. The SMILES string of the molecule is COc1cc(C[C@H](CO)c2cc(CCCO)cc(OC)c2O)ccc1O. The van der Waals surface area contributed by atoms with E-state index in [1.54, 1.807) is 24.3 Å². The first-order valence-electron chi connectivity index (χ1n) is 8.51. The van der Waals surface area contributed by atoms with Gasteiger partial charge in [0.1, 0.15) is 0 Å². The molecule has 0 aliphatic carbocycles. The number of aliphatic hydroxyl groups is 2. The van der Waals surface area contributed by atoms with Crippen molar-refractivity contribution >= 4 is 0 Å². The molecule has 2 rings (SSSR count). The molecule has 26 heavy (non-hydrogen) atoms. The zero-order chi connectivity index (χ0) is 19.1. The first-order chi connectivity index (χ1) is 12.5. The number of phenols is 2. The van der Waals surface area contributed by atoms with Crippen LogP contribution in [0.15, 0.2) is 30.3 Å². The summed E-state index contributed by atoms with van der Waals surface area (Å²) in [6, 6.07) is 8.59. The summed E-state index contributed by atoms with van der Waals surface area (Å²) in [5.41, 5.74) is 2.37. The Kier molecular flexibility index (Phi) is 7.12. The van der Waals surface area contributed by atoms with Crippen LogP contribution in [0.1, 0.15) is 29.0 Å². The molecule has 0 amide bonds. The predicted octanol–water partition coefficient (Wildman–Crippen LogP) is 2.36. The van der Waals surface area contributed by atoms with E-state index >= 15 is 0 Å². The van der Waals surface area contributed by atoms with E-state index in [1.807, 2.05) is 6.07 Å². The van der Waals surface area contributed by atoms with Crippen molar-refractivity contribution in [2.45, 2.75) is 25.2 Å². The quantitative estimate of drug-likeness (QED) is 0.547. The minimum absolute atomic E-state index is 0.00467. The van der Waals surface area contributed by atoms with Gasteiger partial charge in [0, 0.05) is 18.1 Å². The van der Waals surface area contributed by atoms with Crippen molar-refractivity contribution in [1.29, 1.82) is 0 Å². The summed E-state index contributed by atoms with van der Waals surface area (Å²) in [7, 11) is 2.96. The molecule has 0 heterocycles. The molecule has 2 aromatic carbocycles. The van der Waals surface area contributed by atoms with Gasteiger partial charge in [-0.3, -0.25) is 0 Å². The number of methoxy groups -OCH3 is 2. The Hall–Kier alpha value is -2.44. The van der Waals surface area contributed by atoms with Gasteiger partial charge in [-0.05, 0) is 48.6 Å². The van der Waals surface area contributed by atoms with E-state index in [0.717, 1.165) is 11.1 Å². The lowest BCUT2D eigenvalue weighted by atomic mass is 9.89. The molecular formula is C20H26O6. The number of phenolic OH excluding ortho intramolecular Hbond substituents is 2. The van der Waals surface area contributed by atoms with Gasteiger partial charge >= 0.3 is 0 Å². The molecule has 0 spiro atoms. The third-order valence-electron chi connectivity index (χ3n) is 4.39. The predicted molar refractivity (Wildman–Crippen MR) is 98.3 cm³/mol. The molecule has 0 aliphatic heterocycles. The average molecular weight is 362 g/mol. The van der Waals surface area contributed by atoms with E-state index in [9.17, 15) is 15.3 Å². The molecule has 1 atom stereocenters. The van der Waals surface area contributed by atoms with Crippen molar-refractivity contribution in [3.8, 4) is 23.0 Å². The molecule has 2 aromatic rings. The molecule has 0 radical (unpaired) electrons. The second-order valence-electron chi connectivity index (χ2n) is 6.15. The third-order valence-corrected chi connectivity index (χ3v) is 4.39. The summed E-state index contributed by atoms with van der Waals surface area (Å²) in [6.45, 7) is -0.0847. The third kappa shape index (κ3) is 4.59. The minimum Gasteiger partial charge on any atom is -0.504 e. The van der Waals surface area contributed by atoms with Gasteiger partial charge in [-0.2, -0.15) is 0 Å². The summed E-state index contributed by atoms with van der Waals surface area (Å²) in [4.78, 5) is 0. The number of hydrogen-bond acceptors (Lipinski definition) is 6. The molecule has 4 N–H and O–H groups in total. The first kappa shape index (κ1) is 19.9. The van der Waals surface area contributed by atoms with Crippen molar-refractivity contribution in [3.63, 3.8) is 0 Å². The second-order valence-corrected chi connectivity index (χ2v) is 6.15. The monoisotopic (exact) mass is 362 g/mol. The fourth-order valence-corrected chi connectivity index (χ4v) is 2.99. The van der Waals surface area contributed by atoms with Crippen LogP contribution in [0.25, 0.3) is 0 Å². The van der Waals surface area contributed by atoms with E-state index in [1.165, 1.54) is 14.2 Å². The second kappa shape index (κ2) is 9.31. The zero-order valence-electron chi connectivity index (χ0n) is 15.1. The number of aliphatic hydroxyl groups excluding tert-OH is 2. The van der Waals surface area contributed by atoms with Crippen LogP contribution in [-0.2, 0) is 12.8 Å². The van der Waals surface area contributed by atoms with Gasteiger partial charge in [0.15, 0.2) is 23.0 Å². The Labute approximate surface area is 153 Å². The minimum atomic E-state index is -0.354. The summed E-state index contributed by atoms with van der Waals surface area (Å²) < 4.78 is 10.4. The van der Waals surface area contributed by atoms with Crippen molar-refractivity contribution in [1.82, 2.24) is 0 Å². The number of rotatable bonds is 9. The van der Waals surface area contributed by atoms with Gasteiger partial charge in [-0.1, -0.05) is 12.1 Å². The molecule has 6 heteroatoms. The van der Waals surface area contributed by atoms with Gasteiger partial charge in [-0.25, -0.2) is 0 Å². The molecular weight excluding hydrogens is 336 g/mol. The lowest BCUT2D eigenvalue weighted by Crippen LogP contribution is -2.09. The van der Waals surface area contributed by atoms with Crippen LogP contribution in [0.5, 0.6) is 23.0 Å². The summed E-state index contributed by atoms with van der Waals surface area (Å²) in [5, 5.41) is 39.2. The lowest BCUT2D eigenvalue weighted by Gasteiger charge is -2.20. The molecule has 142 valence electrons. The van der Waals surface area contributed by atoms with Crippen molar-refractivity contribution in [2.24, 2.45) is 0 Å². The Morgan fingerprint density at radius 2 is 1.62 bits per heavy atom. The van der Waals surface area contributed by atoms with Crippen LogP contribution in [0, 0.1) is 0 Å². The first-order valence-corrected chi connectivity index (χ1v) is 8.51. The smallest absolute Gasteiger partial charge is 0.161 e. The van der Waals surface area contributed by atoms with E-state index in [2.05, 4.69) is 0 Å². The van der Waals surface area contributed by atoms with E-state index in [0.29, 0.717) is 36.3 Å². The number of benzene rings is 2. The Morgan fingerprint density at radius 1 is 0.923 bits per heavy atom. The topological polar surface area (TPSA) is 99.4 Å². The summed E-state index contributed by atoms with van der Waals surface area (Å²) in [5.74, 6) is 0.402. The molecule has 0 aliphatic rings. The molecule has 0 saturated heterocycles. The van der Waals surface area contributed by atoms with Crippen LogP contribution in [0.2, 0.25) is 0 Å². The Morgan fingerprint density at radius 3 is 2.23 bits per heavy atom. The Bertz CT molecular complexity index is 728. The maximum Gasteiger partial charge on any atom is 0.161 e. The highest BCUT2D eigenvalue weighted by molar-refractivity contribution is 5.51. The molecule has 0 unspecified atom stereocenters. The maximum absolute atomic E-state index is 10.5. The molecule has 0 saturated carbocycles. The van der Waals surface area contributed by atoms with Crippen LogP contribution >= 0.6 is 0 Å². The number of hydrogen-bond donors (Lipinski definition) is 4. The van der Waals surface area contributed by atoms with Crippen molar-refractivity contribution < 1.29 is 29.9 Å². The highest BCUT2D eigenvalue weighted by atomic mass is 16.5. The zero-order valence-corrected chi connectivity index (χ0v) is 15.1. The van der Waals surface area contributed by atoms with E-state index < -0.39 is 0 Å². The maximum atomic E-state index is 10.5. The standard InChI is InChI=1S/C20H26O6/c1-25-18-10-14(5-6-17(18)23)8-15(12-22)16-9-13(4-3-7-21)11-19(26-2)20(16)24/h5-6,9-11,15,21-24H,3-4,7-8,12H2,1-2H3/t15-/m1/s1. The van der Waals surface area contributed by atoms with Crippen LogP contribution < -0.4 is 9.47 Å². The highest BCUT2D eigenvalue weighted by Crippen LogP contribution is 2.38. The molecule has 0 aromatic heterocycles. The van der Waals surface area contributed by atoms with E-state index in [4.69, 9.17) is 14.6 Å².